The molecule has 19 heavy (non-hydrogen) atoms. The van der Waals surface area contributed by atoms with Crippen molar-refractivity contribution in [2.24, 2.45) is 5.92 Å². The van der Waals surface area contributed by atoms with E-state index in [1.54, 1.807) is 20.8 Å². The van der Waals surface area contributed by atoms with E-state index in [0.29, 0.717) is 0 Å². The third-order valence-electron chi connectivity index (χ3n) is 2.32. The number of carbonyl (C=O) groups is 2. The number of rotatable bonds is 5. The van der Waals surface area contributed by atoms with Crippen LogP contribution in [0.1, 0.15) is 34.6 Å². The summed E-state index contributed by atoms with van der Waals surface area (Å²) in [4.78, 5) is 25.2. The summed E-state index contributed by atoms with van der Waals surface area (Å²) in [5.74, 6) is -0.530. The Labute approximate surface area is 115 Å². The molecule has 0 rings (SSSR count). The van der Waals surface area contributed by atoms with Crippen LogP contribution in [0.15, 0.2) is 12.7 Å². The normalized spacial score (nSPS) is 12.8. The Balaban J connectivity index is 4.83. The maximum absolute atomic E-state index is 12.0. The van der Waals surface area contributed by atoms with Crippen LogP contribution in [0.5, 0.6) is 0 Å². The molecule has 0 aromatic rings. The molecule has 0 saturated heterocycles. The van der Waals surface area contributed by atoms with Crippen LogP contribution >= 0.6 is 0 Å². The standard InChI is InChI=1S/C14H25NO4/c1-8-9-18-12(16)11(10(2)3)15(7)13(17)19-14(4,5)6/h8,10-11H,1,9H2,2-7H3/t11-/m0/s1. The highest BCUT2D eigenvalue weighted by Crippen LogP contribution is 2.16. The highest BCUT2D eigenvalue weighted by atomic mass is 16.6. The van der Waals surface area contributed by atoms with Crippen LogP contribution in [0.4, 0.5) is 4.79 Å². The van der Waals surface area contributed by atoms with Crippen LogP contribution in [0.3, 0.4) is 0 Å². The predicted octanol–water partition coefficient (Wildman–Crippen LogP) is 2.61. The van der Waals surface area contributed by atoms with E-state index in [2.05, 4.69) is 6.58 Å². The van der Waals surface area contributed by atoms with Gasteiger partial charge in [0.15, 0.2) is 0 Å². The first-order valence-electron chi connectivity index (χ1n) is 6.33. The van der Waals surface area contributed by atoms with Gasteiger partial charge in [-0.3, -0.25) is 4.90 Å². The van der Waals surface area contributed by atoms with Gasteiger partial charge in [-0.15, -0.1) is 0 Å². The molecule has 1 atom stereocenters. The van der Waals surface area contributed by atoms with Gasteiger partial charge in [0.1, 0.15) is 18.2 Å². The van der Waals surface area contributed by atoms with Crippen molar-refractivity contribution in [1.29, 1.82) is 0 Å². The molecule has 5 heteroatoms. The zero-order chi connectivity index (χ0) is 15.2. The Kier molecular flexibility index (Phi) is 6.59. The minimum absolute atomic E-state index is 0.0742. The summed E-state index contributed by atoms with van der Waals surface area (Å²) in [6.45, 7) is 12.6. The molecule has 0 aromatic heterocycles. The third-order valence-corrected chi connectivity index (χ3v) is 2.32. The number of nitrogens with zero attached hydrogens (tertiary/aromatic N) is 1. The largest absolute Gasteiger partial charge is 0.460 e. The van der Waals surface area contributed by atoms with E-state index >= 15 is 0 Å². The van der Waals surface area contributed by atoms with Gasteiger partial charge < -0.3 is 9.47 Å². The SMILES string of the molecule is C=CCOC(=O)[C@H](C(C)C)N(C)C(=O)OC(C)(C)C. The van der Waals surface area contributed by atoms with Gasteiger partial charge >= 0.3 is 12.1 Å². The second kappa shape index (κ2) is 7.16. The number of hydrogen-bond acceptors (Lipinski definition) is 4. The highest BCUT2D eigenvalue weighted by molar-refractivity contribution is 5.81. The van der Waals surface area contributed by atoms with Gasteiger partial charge in [-0.2, -0.15) is 0 Å². The van der Waals surface area contributed by atoms with Gasteiger partial charge in [0, 0.05) is 7.05 Å². The van der Waals surface area contributed by atoms with Crippen LogP contribution in [-0.4, -0.2) is 42.3 Å². The number of likely N-dealkylation sites (N-methyl/N-ethyl adjacent to an activating group) is 1. The van der Waals surface area contributed by atoms with Crippen molar-refractivity contribution in [2.45, 2.75) is 46.3 Å². The Hall–Kier alpha value is -1.52. The lowest BCUT2D eigenvalue weighted by atomic mass is 10.0. The summed E-state index contributed by atoms with van der Waals surface area (Å²) >= 11 is 0. The summed E-state index contributed by atoms with van der Waals surface area (Å²) in [5.41, 5.74) is -0.599. The Morgan fingerprint density at radius 2 is 1.84 bits per heavy atom. The topological polar surface area (TPSA) is 55.8 Å². The Morgan fingerprint density at radius 3 is 2.21 bits per heavy atom. The van der Waals surface area contributed by atoms with Gasteiger partial charge in [0.05, 0.1) is 0 Å². The van der Waals surface area contributed by atoms with Crippen LogP contribution in [0.25, 0.3) is 0 Å². The van der Waals surface area contributed by atoms with Crippen molar-refractivity contribution >= 4 is 12.1 Å². The van der Waals surface area contributed by atoms with Crippen molar-refractivity contribution < 1.29 is 19.1 Å². The first-order valence-corrected chi connectivity index (χ1v) is 6.33. The molecule has 110 valence electrons. The lowest BCUT2D eigenvalue weighted by Gasteiger charge is -2.31. The Bertz CT molecular complexity index is 331. The number of hydrogen-bond donors (Lipinski definition) is 0. The zero-order valence-electron chi connectivity index (χ0n) is 12.7. The van der Waals surface area contributed by atoms with Gasteiger partial charge in [0.2, 0.25) is 0 Å². The summed E-state index contributed by atoms with van der Waals surface area (Å²) < 4.78 is 10.3. The molecule has 0 aromatic carbocycles. The summed E-state index contributed by atoms with van der Waals surface area (Å²) in [5, 5.41) is 0. The van der Waals surface area contributed by atoms with Crippen LogP contribution in [-0.2, 0) is 14.3 Å². The smallest absolute Gasteiger partial charge is 0.410 e. The molecule has 0 unspecified atom stereocenters. The van der Waals surface area contributed by atoms with Gasteiger partial charge in [0.25, 0.3) is 0 Å². The number of ether oxygens (including phenoxy) is 2. The lowest BCUT2D eigenvalue weighted by Crippen LogP contribution is -2.48. The summed E-state index contributed by atoms with van der Waals surface area (Å²) in [6, 6.07) is -0.671. The van der Waals surface area contributed by atoms with Crippen LogP contribution in [0.2, 0.25) is 0 Å². The quantitative estimate of drug-likeness (QED) is 0.569. The first kappa shape index (κ1) is 17.5. The monoisotopic (exact) mass is 271 g/mol. The molecule has 5 nitrogen and oxygen atoms in total. The van der Waals surface area contributed by atoms with Crippen LogP contribution in [0, 0.1) is 5.92 Å². The minimum atomic E-state index is -0.671. The summed E-state index contributed by atoms with van der Waals surface area (Å²) in [7, 11) is 1.54. The number of esters is 1. The Morgan fingerprint density at radius 1 is 1.32 bits per heavy atom. The van der Waals surface area contributed by atoms with E-state index in [9.17, 15) is 9.59 Å². The van der Waals surface area contributed by atoms with Crippen molar-refractivity contribution in [3.63, 3.8) is 0 Å². The number of amides is 1. The second-order valence-electron chi connectivity index (χ2n) is 5.70. The highest BCUT2D eigenvalue weighted by Gasteiger charge is 2.33. The lowest BCUT2D eigenvalue weighted by molar-refractivity contribution is -0.149. The van der Waals surface area contributed by atoms with Gasteiger partial charge in [-0.25, -0.2) is 9.59 Å². The molecular formula is C14H25NO4. The molecule has 0 radical (unpaired) electrons. The molecule has 0 spiro atoms. The molecule has 0 bridgehead atoms. The minimum Gasteiger partial charge on any atom is -0.460 e. The number of carbonyl (C=O) groups excluding carboxylic acids is 2. The molecule has 0 aliphatic carbocycles. The molecule has 0 fully saturated rings. The molecule has 0 aliphatic rings. The van der Waals surface area contributed by atoms with E-state index in [-0.39, 0.29) is 12.5 Å². The molecule has 0 saturated carbocycles. The van der Waals surface area contributed by atoms with Crippen LogP contribution < -0.4 is 0 Å². The van der Waals surface area contributed by atoms with Crippen molar-refractivity contribution in [1.82, 2.24) is 4.90 Å². The molecule has 1 amide bonds. The van der Waals surface area contributed by atoms with Crippen molar-refractivity contribution in [3.05, 3.63) is 12.7 Å². The van der Waals surface area contributed by atoms with Crippen molar-refractivity contribution in [3.8, 4) is 0 Å². The van der Waals surface area contributed by atoms with E-state index in [1.807, 2.05) is 13.8 Å². The fraction of sp³-hybridized carbons (Fsp3) is 0.714. The van der Waals surface area contributed by atoms with E-state index in [4.69, 9.17) is 9.47 Å². The second-order valence-corrected chi connectivity index (χ2v) is 5.70. The fourth-order valence-electron chi connectivity index (χ4n) is 1.55. The third kappa shape index (κ3) is 6.27. The molecular weight excluding hydrogens is 246 g/mol. The average molecular weight is 271 g/mol. The predicted molar refractivity (Wildman–Crippen MR) is 73.8 cm³/mol. The van der Waals surface area contributed by atoms with Gasteiger partial charge in [-0.05, 0) is 26.7 Å². The van der Waals surface area contributed by atoms with E-state index < -0.39 is 23.7 Å². The maximum Gasteiger partial charge on any atom is 0.410 e. The van der Waals surface area contributed by atoms with Crippen molar-refractivity contribution in [2.75, 3.05) is 13.7 Å². The molecule has 0 N–H and O–H groups in total. The molecule has 0 heterocycles. The summed E-state index contributed by atoms with van der Waals surface area (Å²) in [6.07, 6.45) is 0.949. The first-order chi connectivity index (χ1) is 8.60. The van der Waals surface area contributed by atoms with E-state index in [0.717, 1.165) is 0 Å². The zero-order valence-corrected chi connectivity index (χ0v) is 12.7. The fourth-order valence-corrected chi connectivity index (χ4v) is 1.55. The maximum atomic E-state index is 12.0. The average Bonchev–Trinajstić information content (AvgIpc) is 2.23. The van der Waals surface area contributed by atoms with Gasteiger partial charge in [-0.1, -0.05) is 26.5 Å². The van der Waals surface area contributed by atoms with E-state index in [1.165, 1.54) is 18.0 Å². The molecule has 0 aliphatic heterocycles.